The predicted octanol–water partition coefficient (Wildman–Crippen LogP) is 2.15. The average molecular weight is 231 g/mol. The molecule has 1 aromatic carbocycles. The molecule has 1 atom stereocenters. The molecule has 0 spiro atoms. The second-order valence-electron chi connectivity index (χ2n) is 4.51. The minimum Gasteiger partial charge on any atom is -0.316 e. The Bertz CT molecular complexity index is 562. The van der Waals surface area contributed by atoms with Crippen molar-refractivity contribution in [1.29, 1.82) is 0 Å². The van der Waals surface area contributed by atoms with E-state index in [1.165, 1.54) is 6.07 Å². The van der Waals surface area contributed by atoms with Crippen LogP contribution in [0.2, 0.25) is 0 Å². The Hall–Kier alpha value is -1.55. The number of benzene rings is 1. The maximum absolute atomic E-state index is 13.3. The van der Waals surface area contributed by atoms with Gasteiger partial charge in [-0.15, -0.1) is 0 Å². The zero-order valence-electron chi connectivity index (χ0n) is 9.70. The van der Waals surface area contributed by atoms with Gasteiger partial charge in [-0.2, -0.15) is 0 Å². The molecule has 3 nitrogen and oxygen atoms in total. The van der Waals surface area contributed by atoms with E-state index in [2.05, 4.69) is 15.3 Å². The van der Waals surface area contributed by atoms with E-state index < -0.39 is 0 Å². The van der Waals surface area contributed by atoms with Crippen molar-refractivity contribution in [2.75, 3.05) is 13.1 Å². The molecule has 17 heavy (non-hydrogen) atoms. The number of hydrogen-bond donors (Lipinski definition) is 1. The normalized spacial score (nSPS) is 20.0. The Labute approximate surface area is 99.1 Å². The molecule has 2 aromatic rings. The standard InChI is InChI=1S/C13H14FN3/c1-8-16-12-3-2-10(14)6-11(12)13(17-8)9-4-5-15-7-9/h2-3,6,9,15H,4-5,7H2,1H3. The lowest BCUT2D eigenvalue weighted by Gasteiger charge is -2.12. The molecule has 1 N–H and O–H groups in total. The minimum absolute atomic E-state index is 0.225. The van der Waals surface area contributed by atoms with Crippen LogP contribution in [-0.4, -0.2) is 23.1 Å². The van der Waals surface area contributed by atoms with E-state index in [4.69, 9.17) is 0 Å². The van der Waals surface area contributed by atoms with Gasteiger partial charge in [-0.25, -0.2) is 14.4 Å². The van der Waals surface area contributed by atoms with Crippen LogP contribution in [0.15, 0.2) is 18.2 Å². The topological polar surface area (TPSA) is 37.8 Å². The summed E-state index contributed by atoms with van der Waals surface area (Å²) >= 11 is 0. The molecule has 1 saturated heterocycles. The number of fused-ring (bicyclic) bond motifs is 1. The lowest BCUT2D eigenvalue weighted by Crippen LogP contribution is -2.10. The zero-order chi connectivity index (χ0) is 11.8. The first-order valence-electron chi connectivity index (χ1n) is 5.88. The summed E-state index contributed by atoms with van der Waals surface area (Å²) < 4.78 is 13.3. The first-order valence-corrected chi connectivity index (χ1v) is 5.88. The summed E-state index contributed by atoms with van der Waals surface area (Å²) in [6.45, 7) is 3.81. The van der Waals surface area contributed by atoms with E-state index in [1.54, 1.807) is 12.1 Å². The van der Waals surface area contributed by atoms with Crippen molar-refractivity contribution in [3.63, 3.8) is 0 Å². The van der Waals surface area contributed by atoms with Crippen LogP contribution in [-0.2, 0) is 0 Å². The van der Waals surface area contributed by atoms with Gasteiger partial charge in [0.05, 0.1) is 11.2 Å². The Morgan fingerprint density at radius 2 is 2.24 bits per heavy atom. The highest BCUT2D eigenvalue weighted by Gasteiger charge is 2.21. The number of hydrogen-bond acceptors (Lipinski definition) is 3. The summed E-state index contributed by atoms with van der Waals surface area (Å²) in [5.74, 6) is 0.907. The molecule has 3 rings (SSSR count). The van der Waals surface area contributed by atoms with Gasteiger partial charge in [-0.1, -0.05) is 0 Å². The van der Waals surface area contributed by atoms with Gasteiger partial charge in [0.1, 0.15) is 11.6 Å². The number of aryl methyl sites for hydroxylation is 1. The van der Waals surface area contributed by atoms with Gasteiger partial charge in [0.25, 0.3) is 0 Å². The third-order valence-corrected chi connectivity index (χ3v) is 3.25. The van der Waals surface area contributed by atoms with Gasteiger partial charge in [-0.3, -0.25) is 0 Å². The third-order valence-electron chi connectivity index (χ3n) is 3.25. The van der Waals surface area contributed by atoms with E-state index in [0.29, 0.717) is 5.92 Å². The molecular weight excluding hydrogens is 217 g/mol. The van der Waals surface area contributed by atoms with Gasteiger partial charge < -0.3 is 5.32 Å². The van der Waals surface area contributed by atoms with Gasteiger partial charge in [0.2, 0.25) is 0 Å². The van der Waals surface area contributed by atoms with Gasteiger partial charge in [-0.05, 0) is 38.1 Å². The van der Waals surface area contributed by atoms with Crippen molar-refractivity contribution >= 4 is 10.9 Å². The fraction of sp³-hybridized carbons (Fsp3) is 0.385. The Morgan fingerprint density at radius 3 is 3.00 bits per heavy atom. The van der Waals surface area contributed by atoms with Crippen LogP contribution >= 0.6 is 0 Å². The average Bonchev–Trinajstić information content (AvgIpc) is 2.82. The smallest absolute Gasteiger partial charge is 0.126 e. The van der Waals surface area contributed by atoms with Crippen LogP contribution < -0.4 is 5.32 Å². The molecule has 2 heterocycles. The van der Waals surface area contributed by atoms with Gasteiger partial charge in [0.15, 0.2) is 0 Å². The molecule has 1 aliphatic heterocycles. The quantitative estimate of drug-likeness (QED) is 0.817. The van der Waals surface area contributed by atoms with Crippen LogP contribution in [0.1, 0.15) is 23.9 Å². The monoisotopic (exact) mass is 231 g/mol. The lowest BCUT2D eigenvalue weighted by atomic mass is 10.00. The van der Waals surface area contributed by atoms with Crippen LogP contribution in [0.25, 0.3) is 10.9 Å². The fourth-order valence-corrected chi connectivity index (χ4v) is 2.44. The zero-order valence-corrected chi connectivity index (χ0v) is 9.70. The van der Waals surface area contributed by atoms with Crippen molar-refractivity contribution in [2.24, 2.45) is 0 Å². The minimum atomic E-state index is -0.225. The van der Waals surface area contributed by atoms with Crippen LogP contribution in [0.5, 0.6) is 0 Å². The highest BCUT2D eigenvalue weighted by molar-refractivity contribution is 5.81. The van der Waals surface area contributed by atoms with E-state index in [1.807, 2.05) is 6.92 Å². The summed E-state index contributed by atoms with van der Waals surface area (Å²) in [5, 5.41) is 4.17. The number of nitrogens with zero attached hydrogens (tertiary/aromatic N) is 2. The van der Waals surface area contributed by atoms with Crippen molar-refractivity contribution in [1.82, 2.24) is 15.3 Å². The molecule has 0 aliphatic carbocycles. The Kier molecular flexibility index (Phi) is 2.52. The highest BCUT2D eigenvalue weighted by atomic mass is 19.1. The third kappa shape index (κ3) is 1.89. The highest BCUT2D eigenvalue weighted by Crippen LogP contribution is 2.27. The molecular formula is C13H14FN3. The van der Waals surface area contributed by atoms with Crippen molar-refractivity contribution < 1.29 is 4.39 Å². The molecule has 0 bridgehead atoms. The SMILES string of the molecule is Cc1nc(C2CCNC2)c2cc(F)ccc2n1. The van der Waals surface area contributed by atoms with E-state index in [-0.39, 0.29) is 5.82 Å². The molecule has 0 amide bonds. The molecule has 4 heteroatoms. The molecule has 0 saturated carbocycles. The van der Waals surface area contributed by atoms with E-state index >= 15 is 0 Å². The van der Waals surface area contributed by atoms with Crippen LogP contribution in [0.4, 0.5) is 4.39 Å². The van der Waals surface area contributed by atoms with Crippen molar-refractivity contribution in [2.45, 2.75) is 19.3 Å². The van der Waals surface area contributed by atoms with Gasteiger partial charge >= 0.3 is 0 Å². The summed E-state index contributed by atoms with van der Waals surface area (Å²) in [7, 11) is 0. The molecule has 88 valence electrons. The number of halogens is 1. The maximum Gasteiger partial charge on any atom is 0.126 e. The van der Waals surface area contributed by atoms with E-state index in [0.717, 1.165) is 41.9 Å². The van der Waals surface area contributed by atoms with Crippen molar-refractivity contribution in [3.05, 3.63) is 35.5 Å². The molecule has 1 aromatic heterocycles. The summed E-state index contributed by atoms with van der Waals surface area (Å²) in [4.78, 5) is 8.86. The Balaban J connectivity index is 2.23. The number of aromatic nitrogens is 2. The summed E-state index contributed by atoms with van der Waals surface area (Å²) in [6.07, 6.45) is 1.06. The lowest BCUT2D eigenvalue weighted by molar-refractivity contribution is 0.628. The number of nitrogens with one attached hydrogen (secondary N) is 1. The molecule has 0 radical (unpaired) electrons. The molecule has 1 fully saturated rings. The fourth-order valence-electron chi connectivity index (χ4n) is 2.44. The van der Waals surface area contributed by atoms with Crippen LogP contribution in [0.3, 0.4) is 0 Å². The number of rotatable bonds is 1. The second-order valence-corrected chi connectivity index (χ2v) is 4.51. The first kappa shape index (κ1) is 10.6. The summed E-state index contributed by atoms with van der Waals surface area (Å²) in [6, 6.07) is 4.72. The predicted molar refractivity (Wildman–Crippen MR) is 64.5 cm³/mol. The summed E-state index contributed by atoms with van der Waals surface area (Å²) in [5.41, 5.74) is 1.82. The van der Waals surface area contributed by atoms with E-state index in [9.17, 15) is 4.39 Å². The van der Waals surface area contributed by atoms with Crippen LogP contribution in [0, 0.1) is 12.7 Å². The second kappa shape index (κ2) is 4.04. The molecule has 1 aliphatic rings. The van der Waals surface area contributed by atoms with Crippen molar-refractivity contribution in [3.8, 4) is 0 Å². The molecule has 1 unspecified atom stereocenters. The largest absolute Gasteiger partial charge is 0.316 e. The Morgan fingerprint density at radius 1 is 1.35 bits per heavy atom. The van der Waals surface area contributed by atoms with Gasteiger partial charge in [0, 0.05) is 17.8 Å². The maximum atomic E-state index is 13.3. The first-order chi connectivity index (χ1) is 8.24.